The van der Waals surface area contributed by atoms with Crippen molar-refractivity contribution in [3.8, 4) is 0 Å². The van der Waals surface area contributed by atoms with Gasteiger partial charge in [0.2, 0.25) is 0 Å². The Kier molecular flexibility index (Phi) is 2.33. The lowest BCUT2D eigenvalue weighted by Crippen LogP contribution is -2.10. The zero-order valence-electron chi connectivity index (χ0n) is 7.63. The van der Waals surface area contributed by atoms with Crippen LogP contribution < -0.4 is 0 Å². The summed E-state index contributed by atoms with van der Waals surface area (Å²) in [6.07, 6.45) is 0.591. The van der Waals surface area contributed by atoms with Gasteiger partial charge >= 0.3 is 0 Å². The summed E-state index contributed by atoms with van der Waals surface area (Å²) in [7, 11) is -3.19. The highest BCUT2D eigenvalue weighted by atomic mass is 32.2. The molecular weight excluding hydrogens is 200 g/mol. The number of hydrogen-bond donors (Lipinski definition) is 1. The van der Waals surface area contributed by atoms with Gasteiger partial charge in [-0.3, -0.25) is 0 Å². The first kappa shape index (κ1) is 9.68. The third-order valence-electron chi connectivity index (χ3n) is 2.56. The summed E-state index contributed by atoms with van der Waals surface area (Å²) in [5.74, 6) is -0.0554. The summed E-state index contributed by atoms with van der Waals surface area (Å²) in [5, 5.41) is 8.46. The van der Waals surface area contributed by atoms with E-state index in [4.69, 9.17) is 5.11 Å². The van der Waals surface area contributed by atoms with Crippen molar-refractivity contribution in [1.29, 1.82) is 0 Å². The van der Waals surface area contributed by atoms with Crippen molar-refractivity contribution in [3.63, 3.8) is 0 Å². The van der Waals surface area contributed by atoms with Gasteiger partial charge in [-0.1, -0.05) is 18.2 Å². The Morgan fingerprint density at radius 1 is 1.29 bits per heavy atom. The first-order valence-corrected chi connectivity index (χ1v) is 6.10. The fourth-order valence-electron chi connectivity index (χ4n) is 1.58. The summed E-state index contributed by atoms with van der Waals surface area (Å²) in [4.78, 5) is 0.362. The second-order valence-corrected chi connectivity index (χ2v) is 5.74. The Morgan fingerprint density at radius 3 is 2.43 bits per heavy atom. The maximum absolute atomic E-state index is 11.9. The first-order valence-electron chi connectivity index (χ1n) is 4.56. The molecule has 1 aromatic carbocycles. The number of aliphatic hydroxyl groups excluding tert-OH is 1. The van der Waals surface area contributed by atoms with E-state index >= 15 is 0 Å². The van der Waals surface area contributed by atoms with Crippen molar-refractivity contribution in [2.75, 3.05) is 6.61 Å². The van der Waals surface area contributed by atoms with Crippen LogP contribution in [-0.2, 0) is 9.84 Å². The summed E-state index contributed by atoms with van der Waals surface area (Å²) < 4.78 is 23.7. The zero-order valence-corrected chi connectivity index (χ0v) is 8.44. The van der Waals surface area contributed by atoms with Crippen LogP contribution in [0.4, 0.5) is 0 Å². The van der Waals surface area contributed by atoms with Gasteiger partial charge in [-0.05, 0) is 18.6 Å². The standard InChI is InChI=1S/C10H12O3S/c11-7-8-6-10(8)14(12,13)9-4-2-1-3-5-9/h1-5,8,10-11H,6-7H2/t8-,10+/m0/s1. The zero-order chi connectivity index (χ0) is 10.2. The largest absolute Gasteiger partial charge is 0.396 e. The van der Waals surface area contributed by atoms with Crippen molar-refractivity contribution in [2.24, 2.45) is 5.92 Å². The molecule has 0 aromatic heterocycles. The summed E-state index contributed by atoms with van der Waals surface area (Å²) in [5.41, 5.74) is 0. The van der Waals surface area contributed by atoms with E-state index in [0.29, 0.717) is 11.3 Å². The highest BCUT2D eigenvalue weighted by molar-refractivity contribution is 7.92. The number of aliphatic hydroxyl groups is 1. The van der Waals surface area contributed by atoms with Crippen molar-refractivity contribution in [2.45, 2.75) is 16.6 Å². The molecule has 0 spiro atoms. The predicted octanol–water partition coefficient (Wildman–Crippen LogP) is 0.841. The lowest BCUT2D eigenvalue weighted by Gasteiger charge is -2.01. The molecule has 2 atom stereocenters. The number of rotatable bonds is 3. The van der Waals surface area contributed by atoms with Crippen LogP contribution in [0.3, 0.4) is 0 Å². The molecule has 1 fully saturated rings. The molecular formula is C10H12O3S. The van der Waals surface area contributed by atoms with Crippen LogP contribution in [0.2, 0.25) is 0 Å². The van der Waals surface area contributed by atoms with Gasteiger partial charge in [0.15, 0.2) is 9.84 Å². The molecule has 0 radical (unpaired) electrons. The molecule has 76 valence electrons. The van der Waals surface area contributed by atoms with Crippen LogP contribution in [0.25, 0.3) is 0 Å². The molecule has 0 bridgehead atoms. The van der Waals surface area contributed by atoms with Crippen molar-refractivity contribution < 1.29 is 13.5 Å². The molecule has 3 nitrogen and oxygen atoms in total. The highest BCUT2D eigenvalue weighted by Crippen LogP contribution is 2.39. The minimum atomic E-state index is -3.19. The van der Waals surface area contributed by atoms with Crippen LogP contribution in [-0.4, -0.2) is 25.4 Å². The van der Waals surface area contributed by atoms with Crippen LogP contribution in [0.15, 0.2) is 35.2 Å². The van der Waals surface area contributed by atoms with Gasteiger partial charge in [-0.15, -0.1) is 0 Å². The third-order valence-corrected chi connectivity index (χ3v) is 4.87. The average molecular weight is 212 g/mol. The second kappa shape index (κ2) is 3.37. The average Bonchev–Trinajstić information content (AvgIpc) is 2.98. The van der Waals surface area contributed by atoms with Crippen LogP contribution in [0.1, 0.15) is 6.42 Å². The van der Waals surface area contributed by atoms with E-state index in [1.807, 2.05) is 0 Å². The van der Waals surface area contributed by atoms with E-state index < -0.39 is 9.84 Å². The van der Waals surface area contributed by atoms with Gasteiger partial charge in [-0.2, -0.15) is 0 Å². The Morgan fingerprint density at radius 2 is 1.93 bits per heavy atom. The van der Waals surface area contributed by atoms with E-state index in [0.717, 1.165) is 0 Å². The van der Waals surface area contributed by atoms with Gasteiger partial charge in [0.1, 0.15) is 0 Å². The fourth-order valence-corrected chi connectivity index (χ4v) is 3.56. The molecule has 0 saturated heterocycles. The van der Waals surface area contributed by atoms with Crippen molar-refractivity contribution in [3.05, 3.63) is 30.3 Å². The topological polar surface area (TPSA) is 54.4 Å². The van der Waals surface area contributed by atoms with E-state index in [1.165, 1.54) is 0 Å². The summed E-state index contributed by atoms with van der Waals surface area (Å²) in [6, 6.07) is 8.41. The van der Waals surface area contributed by atoms with Crippen LogP contribution in [0, 0.1) is 5.92 Å². The number of benzene rings is 1. The van der Waals surface area contributed by atoms with E-state index in [-0.39, 0.29) is 17.8 Å². The number of sulfone groups is 1. The van der Waals surface area contributed by atoms with Gasteiger partial charge in [0.25, 0.3) is 0 Å². The monoisotopic (exact) mass is 212 g/mol. The summed E-state index contributed by atoms with van der Waals surface area (Å²) in [6.45, 7) is -0.0310. The fraction of sp³-hybridized carbons (Fsp3) is 0.400. The molecule has 0 unspecified atom stereocenters. The van der Waals surface area contributed by atoms with E-state index in [1.54, 1.807) is 30.3 Å². The molecule has 1 aromatic rings. The molecule has 0 aliphatic heterocycles. The molecule has 0 amide bonds. The SMILES string of the molecule is O=S(=O)(c1ccccc1)[C@@H]1C[C@H]1CO. The molecule has 14 heavy (non-hydrogen) atoms. The molecule has 1 aliphatic rings. The van der Waals surface area contributed by atoms with Gasteiger partial charge < -0.3 is 5.11 Å². The second-order valence-electron chi connectivity index (χ2n) is 3.57. The predicted molar refractivity (Wildman–Crippen MR) is 52.6 cm³/mol. The van der Waals surface area contributed by atoms with Gasteiger partial charge in [-0.25, -0.2) is 8.42 Å². The third kappa shape index (κ3) is 1.55. The summed E-state index contributed by atoms with van der Waals surface area (Å²) >= 11 is 0. The van der Waals surface area contributed by atoms with Crippen LogP contribution >= 0.6 is 0 Å². The molecule has 1 N–H and O–H groups in total. The van der Waals surface area contributed by atoms with Crippen molar-refractivity contribution >= 4 is 9.84 Å². The molecule has 2 rings (SSSR count). The number of hydrogen-bond acceptors (Lipinski definition) is 3. The smallest absolute Gasteiger partial charge is 0.181 e. The molecule has 0 heterocycles. The lowest BCUT2D eigenvalue weighted by atomic mass is 10.4. The Balaban J connectivity index is 2.27. The Hall–Kier alpha value is -0.870. The van der Waals surface area contributed by atoms with Crippen molar-refractivity contribution in [1.82, 2.24) is 0 Å². The maximum Gasteiger partial charge on any atom is 0.181 e. The van der Waals surface area contributed by atoms with E-state index in [2.05, 4.69) is 0 Å². The molecule has 1 saturated carbocycles. The normalized spacial score (nSPS) is 26.1. The van der Waals surface area contributed by atoms with Gasteiger partial charge in [0.05, 0.1) is 10.1 Å². The maximum atomic E-state index is 11.9. The van der Waals surface area contributed by atoms with Crippen LogP contribution in [0.5, 0.6) is 0 Å². The minimum absolute atomic E-state index is 0.0310. The van der Waals surface area contributed by atoms with E-state index in [9.17, 15) is 8.42 Å². The minimum Gasteiger partial charge on any atom is -0.396 e. The van der Waals surface area contributed by atoms with Gasteiger partial charge in [0, 0.05) is 12.5 Å². The Bertz CT molecular complexity index is 410. The molecule has 4 heteroatoms. The lowest BCUT2D eigenvalue weighted by molar-refractivity contribution is 0.277. The quantitative estimate of drug-likeness (QED) is 0.807. The Labute approximate surface area is 83.3 Å². The first-order chi connectivity index (χ1) is 6.66. The molecule has 1 aliphatic carbocycles. The highest BCUT2D eigenvalue weighted by Gasteiger charge is 2.47.